The summed E-state index contributed by atoms with van der Waals surface area (Å²) in [5, 5.41) is 0. The minimum absolute atomic E-state index is 0.0486. The van der Waals surface area contributed by atoms with Crippen molar-refractivity contribution >= 4 is 11.6 Å². The fourth-order valence-electron chi connectivity index (χ4n) is 2.93. The molecule has 2 nitrogen and oxygen atoms in total. The van der Waals surface area contributed by atoms with E-state index >= 15 is 0 Å². The summed E-state index contributed by atoms with van der Waals surface area (Å²) >= 11 is 0. The van der Waals surface area contributed by atoms with Gasteiger partial charge < -0.3 is 0 Å². The van der Waals surface area contributed by atoms with E-state index in [1.165, 1.54) is 0 Å². The van der Waals surface area contributed by atoms with E-state index in [9.17, 15) is 9.59 Å². The van der Waals surface area contributed by atoms with Crippen LogP contribution in [0.5, 0.6) is 0 Å². The molecule has 3 bridgehead atoms. The van der Waals surface area contributed by atoms with E-state index in [0.717, 1.165) is 6.42 Å². The lowest BCUT2D eigenvalue weighted by Gasteiger charge is -2.22. The number of rotatable bonds is 0. The van der Waals surface area contributed by atoms with Crippen LogP contribution < -0.4 is 0 Å². The van der Waals surface area contributed by atoms with Gasteiger partial charge in [-0.2, -0.15) is 0 Å². The standard InChI is InChI=1S/C10H10O2/c11-9-4-7-5-1-2-6(9)8(3-5)10(7)12/h1-2,5-8H,3-4H2. The first kappa shape index (κ1) is 6.58. The highest BCUT2D eigenvalue weighted by atomic mass is 16.1. The zero-order valence-corrected chi connectivity index (χ0v) is 6.69. The number of hydrogen-bond acceptors (Lipinski definition) is 2. The van der Waals surface area contributed by atoms with Gasteiger partial charge in [-0.25, -0.2) is 0 Å². The van der Waals surface area contributed by atoms with Crippen molar-refractivity contribution in [3.8, 4) is 0 Å². The lowest BCUT2D eigenvalue weighted by molar-refractivity contribution is -0.136. The molecule has 2 saturated carbocycles. The first-order valence-electron chi connectivity index (χ1n) is 4.52. The topological polar surface area (TPSA) is 34.1 Å². The van der Waals surface area contributed by atoms with E-state index in [2.05, 4.69) is 6.08 Å². The summed E-state index contributed by atoms with van der Waals surface area (Å²) in [7, 11) is 0. The molecule has 0 N–H and O–H groups in total. The number of allylic oxidation sites excluding steroid dienone is 2. The van der Waals surface area contributed by atoms with Crippen LogP contribution in [0.1, 0.15) is 12.8 Å². The van der Waals surface area contributed by atoms with Gasteiger partial charge in [0.15, 0.2) is 0 Å². The van der Waals surface area contributed by atoms with Gasteiger partial charge in [0, 0.05) is 24.2 Å². The van der Waals surface area contributed by atoms with Crippen molar-refractivity contribution in [1.82, 2.24) is 0 Å². The number of carbonyl (C=O) groups excluding carboxylic acids is 2. The molecule has 0 aromatic carbocycles. The van der Waals surface area contributed by atoms with Crippen LogP contribution in [0.2, 0.25) is 0 Å². The Hall–Kier alpha value is -0.920. The number of carbonyl (C=O) groups is 2. The molecule has 0 heterocycles. The molecule has 62 valence electrons. The molecule has 0 radical (unpaired) electrons. The van der Waals surface area contributed by atoms with Crippen LogP contribution in [-0.2, 0) is 9.59 Å². The molecule has 0 saturated heterocycles. The van der Waals surface area contributed by atoms with Gasteiger partial charge in [0.2, 0.25) is 0 Å². The molecule has 4 atom stereocenters. The molecule has 0 aromatic rings. The van der Waals surface area contributed by atoms with Gasteiger partial charge in [-0.05, 0) is 12.3 Å². The maximum Gasteiger partial charge on any atom is 0.141 e. The van der Waals surface area contributed by atoms with E-state index < -0.39 is 0 Å². The third kappa shape index (κ3) is 0.576. The Labute approximate surface area is 70.6 Å². The van der Waals surface area contributed by atoms with E-state index in [4.69, 9.17) is 0 Å². The largest absolute Gasteiger partial charge is 0.299 e. The van der Waals surface area contributed by atoms with Crippen LogP contribution in [0.4, 0.5) is 0 Å². The van der Waals surface area contributed by atoms with E-state index in [-0.39, 0.29) is 17.8 Å². The van der Waals surface area contributed by atoms with E-state index in [0.29, 0.717) is 23.9 Å². The van der Waals surface area contributed by atoms with Gasteiger partial charge in [-0.1, -0.05) is 12.2 Å². The molecular formula is C10H10O2. The molecule has 2 heteroatoms. The Morgan fingerprint density at radius 2 is 2.00 bits per heavy atom. The molecule has 0 spiro atoms. The average molecular weight is 162 g/mol. The Morgan fingerprint density at radius 1 is 1.17 bits per heavy atom. The first-order valence-corrected chi connectivity index (χ1v) is 4.52. The minimum Gasteiger partial charge on any atom is -0.299 e. The molecule has 3 aliphatic rings. The summed E-state index contributed by atoms with van der Waals surface area (Å²) in [4.78, 5) is 23.1. The zero-order valence-electron chi connectivity index (χ0n) is 6.69. The van der Waals surface area contributed by atoms with Gasteiger partial charge in [0.05, 0.1) is 0 Å². The maximum absolute atomic E-state index is 11.6. The fourth-order valence-corrected chi connectivity index (χ4v) is 2.93. The lowest BCUT2D eigenvalue weighted by Crippen LogP contribution is -2.33. The van der Waals surface area contributed by atoms with Crippen LogP contribution in [0, 0.1) is 23.7 Å². The highest BCUT2D eigenvalue weighted by Crippen LogP contribution is 2.49. The normalized spacial score (nSPS) is 49.0. The number of fused-ring (bicyclic) bond motifs is 3. The van der Waals surface area contributed by atoms with Crippen LogP contribution in [0.25, 0.3) is 0 Å². The number of ketones is 2. The average Bonchev–Trinajstić information content (AvgIpc) is 2.29. The van der Waals surface area contributed by atoms with Crippen LogP contribution in [0.15, 0.2) is 12.2 Å². The number of Topliss-reactive ketones (excluding diaryl/α,β-unsaturated/α-hetero) is 2. The van der Waals surface area contributed by atoms with Crippen LogP contribution >= 0.6 is 0 Å². The van der Waals surface area contributed by atoms with Gasteiger partial charge in [-0.15, -0.1) is 0 Å². The van der Waals surface area contributed by atoms with Crippen molar-refractivity contribution in [3.63, 3.8) is 0 Å². The van der Waals surface area contributed by atoms with Gasteiger partial charge in [-0.3, -0.25) is 9.59 Å². The molecule has 4 unspecified atom stereocenters. The van der Waals surface area contributed by atoms with Crippen molar-refractivity contribution in [3.05, 3.63) is 12.2 Å². The smallest absolute Gasteiger partial charge is 0.141 e. The minimum atomic E-state index is -0.0486. The van der Waals surface area contributed by atoms with Gasteiger partial charge in [0.1, 0.15) is 11.6 Å². The first-order chi connectivity index (χ1) is 5.77. The Balaban J connectivity index is 2.16. The maximum atomic E-state index is 11.6. The Kier molecular flexibility index (Phi) is 1.03. The third-order valence-electron chi connectivity index (χ3n) is 3.57. The fraction of sp³-hybridized carbons (Fsp3) is 0.600. The van der Waals surface area contributed by atoms with Crippen LogP contribution in [-0.4, -0.2) is 11.6 Å². The molecule has 0 aliphatic heterocycles. The summed E-state index contributed by atoms with van der Waals surface area (Å²) in [5.74, 6) is 1.11. The summed E-state index contributed by atoms with van der Waals surface area (Å²) in [6, 6.07) is 0. The van der Waals surface area contributed by atoms with Crippen molar-refractivity contribution < 1.29 is 9.59 Å². The van der Waals surface area contributed by atoms with Crippen molar-refractivity contribution in [2.75, 3.05) is 0 Å². The zero-order chi connectivity index (χ0) is 8.29. The molecule has 0 aromatic heterocycles. The summed E-state index contributed by atoms with van der Waals surface area (Å²) in [6.07, 6.45) is 5.50. The van der Waals surface area contributed by atoms with Crippen molar-refractivity contribution in [2.45, 2.75) is 12.8 Å². The van der Waals surface area contributed by atoms with E-state index in [1.54, 1.807) is 0 Å². The third-order valence-corrected chi connectivity index (χ3v) is 3.57. The van der Waals surface area contributed by atoms with E-state index in [1.807, 2.05) is 6.08 Å². The van der Waals surface area contributed by atoms with Crippen molar-refractivity contribution in [1.29, 1.82) is 0 Å². The molecule has 0 amide bonds. The summed E-state index contributed by atoms with van der Waals surface area (Å²) in [6.45, 7) is 0. The Bertz CT molecular complexity index is 299. The Morgan fingerprint density at radius 3 is 2.83 bits per heavy atom. The second-order valence-corrected chi connectivity index (χ2v) is 4.10. The molecule has 3 aliphatic carbocycles. The SMILES string of the molecule is O=C1CC2C(=O)C3CC2C=CC13. The van der Waals surface area contributed by atoms with Crippen molar-refractivity contribution in [2.24, 2.45) is 23.7 Å². The predicted molar refractivity (Wildman–Crippen MR) is 42.3 cm³/mol. The predicted octanol–water partition coefficient (Wildman–Crippen LogP) is 0.967. The second-order valence-electron chi connectivity index (χ2n) is 4.10. The van der Waals surface area contributed by atoms with Gasteiger partial charge >= 0.3 is 0 Å². The monoisotopic (exact) mass is 162 g/mol. The van der Waals surface area contributed by atoms with Gasteiger partial charge in [0.25, 0.3) is 0 Å². The lowest BCUT2D eigenvalue weighted by atomic mass is 9.79. The number of hydrogen-bond donors (Lipinski definition) is 0. The second kappa shape index (κ2) is 1.87. The highest BCUT2D eigenvalue weighted by molar-refractivity contribution is 6.01. The summed E-state index contributed by atoms with van der Waals surface area (Å²) < 4.78 is 0. The van der Waals surface area contributed by atoms with Crippen LogP contribution in [0.3, 0.4) is 0 Å². The highest BCUT2D eigenvalue weighted by Gasteiger charge is 2.53. The summed E-state index contributed by atoms with van der Waals surface area (Å²) in [5.41, 5.74) is 0. The molecule has 3 rings (SSSR count). The molecule has 2 fully saturated rings. The molecular weight excluding hydrogens is 152 g/mol. The molecule has 12 heavy (non-hydrogen) atoms. The quantitative estimate of drug-likeness (QED) is 0.497.